The van der Waals surface area contributed by atoms with Crippen LogP contribution in [-0.2, 0) is 13.6 Å². The molecule has 5 heteroatoms. The van der Waals surface area contributed by atoms with Gasteiger partial charge in [0, 0.05) is 25.4 Å². The third-order valence-electron chi connectivity index (χ3n) is 2.60. The van der Waals surface area contributed by atoms with E-state index in [1.165, 1.54) is 5.56 Å². The Balaban J connectivity index is 2.54. The van der Waals surface area contributed by atoms with Crippen LogP contribution in [-0.4, -0.2) is 26.6 Å². The normalized spacial score (nSPS) is 11.0. The van der Waals surface area contributed by atoms with Gasteiger partial charge in [-0.05, 0) is 26.5 Å². The van der Waals surface area contributed by atoms with Crippen molar-refractivity contribution in [3.05, 3.63) is 29.2 Å². The van der Waals surface area contributed by atoms with E-state index in [1.807, 2.05) is 49.7 Å². The van der Waals surface area contributed by atoms with Crippen molar-refractivity contribution in [3.63, 3.8) is 0 Å². The van der Waals surface area contributed by atoms with E-state index < -0.39 is 0 Å². The first-order chi connectivity index (χ1) is 7.63. The van der Waals surface area contributed by atoms with Gasteiger partial charge in [-0.1, -0.05) is 0 Å². The van der Waals surface area contributed by atoms with Crippen molar-refractivity contribution in [2.24, 2.45) is 7.05 Å². The monoisotopic (exact) mass is 219 g/mol. The predicted molar refractivity (Wildman–Crippen MR) is 62.6 cm³/mol. The van der Waals surface area contributed by atoms with Gasteiger partial charge in [0.1, 0.15) is 0 Å². The first kappa shape index (κ1) is 10.9. The van der Waals surface area contributed by atoms with E-state index in [0.717, 1.165) is 23.6 Å². The van der Waals surface area contributed by atoms with Gasteiger partial charge >= 0.3 is 0 Å². The molecule has 0 bridgehead atoms. The van der Waals surface area contributed by atoms with Gasteiger partial charge < -0.3 is 5.32 Å². The van der Waals surface area contributed by atoms with Crippen molar-refractivity contribution in [3.8, 4) is 5.82 Å². The van der Waals surface area contributed by atoms with Crippen LogP contribution in [0.3, 0.4) is 0 Å². The predicted octanol–water partition coefficient (Wildman–Crippen LogP) is 0.942. The summed E-state index contributed by atoms with van der Waals surface area (Å²) in [4.78, 5) is 0. The van der Waals surface area contributed by atoms with Crippen LogP contribution in [0.25, 0.3) is 5.82 Å². The maximum Gasteiger partial charge on any atom is 0.156 e. The summed E-state index contributed by atoms with van der Waals surface area (Å²) < 4.78 is 3.75. The van der Waals surface area contributed by atoms with E-state index >= 15 is 0 Å². The Hall–Kier alpha value is -1.62. The van der Waals surface area contributed by atoms with Gasteiger partial charge in [0.15, 0.2) is 5.82 Å². The molecule has 16 heavy (non-hydrogen) atoms. The molecule has 0 aliphatic carbocycles. The largest absolute Gasteiger partial charge is 0.315 e. The van der Waals surface area contributed by atoms with Crippen LogP contribution in [0.1, 0.15) is 16.8 Å². The molecule has 2 aromatic heterocycles. The molecule has 2 heterocycles. The highest BCUT2D eigenvalue weighted by molar-refractivity contribution is 5.37. The van der Waals surface area contributed by atoms with Gasteiger partial charge in [-0.15, -0.1) is 0 Å². The highest BCUT2D eigenvalue weighted by Gasteiger charge is 2.14. The molecule has 0 unspecified atom stereocenters. The molecule has 1 N–H and O–H groups in total. The zero-order valence-corrected chi connectivity index (χ0v) is 10.2. The number of hydrogen-bond acceptors (Lipinski definition) is 3. The lowest BCUT2D eigenvalue weighted by Crippen LogP contribution is -2.11. The quantitative estimate of drug-likeness (QED) is 0.836. The maximum absolute atomic E-state index is 4.43. The molecule has 0 aliphatic rings. The number of nitrogens with one attached hydrogen (secondary N) is 1. The zero-order chi connectivity index (χ0) is 11.7. The lowest BCUT2D eigenvalue weighted by molar-refractivity contribution is 0.687. The maximum atomic E-state index is 4.43. The minimum Gasteiger partial charge on any atom is -0.315 e. The van der Waals surface area contributed by atoms with Crippen LogP contribution in [0.15, 0.2) is 12.4 Å². The molecule has 0 aliphatic heterocycles. The molecule has 0 radical (unpaired) electrons. The van der Waals surface area contributed by atoms with Crippen LogP contribution < -0.4 is 5.32 Å². The Kier molecular flexibility index (Phi) is 2.78. The summed E-state index contributed by atoms with van der Waals surface area (Å²) in [7, 11) is 3.88. The van der Waals surface area contributed by atoms with Crippen molar-refractivity contribution in [2.45, 2.75) is 20.4 Å². The second-order valence-electron chi connectivity index (χ2n) is 4.00. The van der Waals surface area contributed by atoms with Crippen molar-refractivity contribution < 1.29 is 0 Å². The average Bonchev–Trinajstić information content (AvgIpc) is 2.73. The molecule has 5 nitrogen and oxygen atoms in total. The molecular weight excluding hydrogens is 202 g/mol. The number of aryl methyl sites for hydroxylation is 3. The van der Waals surface area contributed by atoms with Crippen LogP contribution >= 0.6 is 0 Å². The summed E-state index contributed by atoms with van der Waals surface area (Å²) in [5, 5.41) is 11.9. The van der Waals surface area contributed by atoms with Crippen LogP contribution in [0.2, 0.25) is 0 Å². The summed E-state index contributed by atoms with van der Waals surface area (Å²) in [5.74, 6) is 1.03. The molecule has 0 fully saturated rings. The van der Waals surface area contributed by atoms with Crippen molar-refractivity contribution in [2.75, 3.05) is 7.05 Å². The van der Waals surface area contributed by atoms with E-state index in [1.54, 1.807) is 0 Å². The van der Waals surface area contributed by atoms with Crippen LogP contribution in [0.4, 0.5) is 0 Å². The van der Waals surface area contributed by atoms with E-state index in [2.05, 4.69) is 15.5 Å². The Morgan fingerprint density at radius 2 is 2.12 bits per heavy atom. The van der Waals surface area contributed by atoms with Gasteiger partial charge in [-0.3, -0.25) is 4.68 Å². The first-order valence-corrected chi connectivity index (χ1v) is 5.32. The highest BCUT2D eigenvalue weighted by atomic mass is 15.4. The number of nitrogens with zero attached hydrogens (tertiary/aromatic N) is 4. The Bertz CT molecular complexity index is 494. The summed E-state index contributed by atoms with van der Waals surface area (Å²) in [6.45, 7) is 4.85. The van der Waals surface area contributed by atoms with Crippen LogP contribution in [0.5, 0.6) is 0 Å². The molecule has 0 atom stereocenters. The van der Waals surface area contributed by atoms with Crippen molar-refractivity contribution in [1.29, 1.82) is 0 Å². The van der Waals surface area contributed by atoms with Crippen molar-refractivity contribution >= 4 is 0 Å². The third-order valence-corrected chi connectivity index (χ3v) is 2.60. The number of hydrogen-bond donors (Lipinski definition) is 1. The van der Waals surface area contributed by atoms with Crippen LogP contribution in [0, 0.1) is 13.8 Å². The number of aromatic nitrogens is 4. The Morgan fingerprint density at radius 3 is 2.69 bits per heavy atom. The fourth-order valence-corrected chi connectivity index (χ4v) is 1.89. The minimum atomic E-state index is 0.800. The van der Waals surface area contributed by atoms with Gasteiger partial charge in [0.2, 0.25) is 0 Å². The molecular formula is C11H17N5. The smallest absolute Gasteiger partial charge is 0.156 e. The fourth-order valence-electron chi connectivity index (χ4n) is 1.89. The minimum absolute atomic E-state index is 0.800. The second kappa shape index (κ2) is 4.09. The van der Waals surface area contributed by atoms with E-state index in [-0.39, 0.29) is 0 Å². The lowest BCUT2D eigenvalue weighted by atomic mass is 10.2. The van der Waals surface area contributed by atoms with Gasteiger partial charge in [0.25, 0.3) is 0 Å². The lowest BCUT2D eigenvalue weighted by Gasteiger charge is -2.05. The topological polar surface area (TPSA) is 47.7 Å². The molecule has 2 rings (SSSR count). The molecule has 0 aromatic carbocycles. The molecule has 0 saturated carbocycles. The fraction of sp³-hybridized carbons (Fsp3) is 0.455. The van der Waals surface area contributed by atoms with Crippen molar-refractivity contribution in [1.82, 2.24) is 24.9 Å². The zero-order valence-electron chi connectivity index (χ0n) is 10.2. The summed E-state index contributed by atoms with van der Waals surface area (Å²) in [6.07, 6.45) is 3.86. The third kappa shape index (κ3) is 1.74. The molecule has 0 amide bonds. The van der Waals surface area contributed by atoms with Gasteiger partial charge in [-0.2, -0.15) is 10.2 Å². The van der Waals surface area contributed by atoms with E-state index in [4.69, 9.17) is 0 Å². The van der Waals surface area contributed by atoms with E-state index in [9.17, 15) is 0 Å². The molecule has 86 valence electrons. The molecule has 2 aromatic rings. The standard InChI is InChI=1S/C11H17N5/c1-8-5-13-16(7-8)11-10(6-12-3)9(2)14-15(11)4/h5,7,12H,6H2,1-4H3. The molecule has 0 spiro atoms. The summed E-state index contributed by atoms with van der Waals surface area (Å²) in [6, 6.07) is 0. The Labute approximate surface area is 95.1 Å². The van der Waals surface area contributed by atoms with Gasteiger partial charge in [-0.25, -0.2) is 4.68 Å². The average molecular weight is 219 g/mol. The highest BCUT2D eigenvalue weighted by Crippen LogP contribution is 2.17. The summed E-state index contributed by atoms with van der Waals surface area (Å²) >= 11 is 0. The number of rotatable bonds is 3. The van der Waals surface area contributed by atoms with Gasteiger partial charge in [0.05, 0.1) is 11.9 Å². The Morgan fingerprint density at radius 1 is 1.38 bits per heavy atom. The van der Waals surface area contributed by atoms with E-state index in [0.29, 0.717) is 0 Å². The molecule has 0 saturated heterocycles. The SMILES string of the molecule is CNCc1c(C)nn(C)c1-n1cc(C)cn1. The second-order valence-corrected chi connectivity index (χ2v) is 4.00. The first-order valence-electron chi connectivity index (χ1n) is 5.32. The summed E-state index contributed by atoms with van der Waals surface area (Å²) in [5.41, 5.74) is 3.38.